The molecule has 0 heterocycles. The molecule has 4 heteroatoms. The first-order chi connectivity index (χ1) is 10.6. The Bertz CT molecular complexity index is 661. The van der Waals surface area contributed by atoms with Gasteiger partial charge in [0, 0.05) is 19.1 Å². The van der Waals surface area contributed by atoms with Gasteiger partial charge in [-0.15, -0.1) is 0 Å². The lowest BCUT2D eigenvalue weighted by atomic mass is 10.1. The van der Waals surface area contributed by atoms with E-state index in [0.717, 1.165) is 11.1 Å². The molecule has 0 aliphatic rings. The average molecular weight is 297 g/mol. The minimum atomic E-state index is -0.217. The van der Waals surface area contributed by atoms with Crippen molar-refractivity contribution in [3.8, 4) is 6.07 Å². The highest BCUT2D eigenvalue weighted by Crippen LogP contribution is 2.18. The lowest BCUT2D eigenvalue weighted by molar-refractivity contribution is 0.287. The quantitative estimate of drug-likeness (QED) is 0.890. The van der Waals surface area contributed by atoms with Crippen molar-refractivity contribution < 1.29 is 4.39 Å². The summed E-state index contributed by atoms with van der Waals surface area (Å²) in [5.74, 6) is -0.217. The van der Waals surface area contributed by atoms with Gasteiger partial charge >= 0.3 is 0 Å². The summed E-state index contributed by atoms with van der Waals surface area (Å²) >= 11 is 0. The second-order valence-electron chi connectivity index (χ2n) is 5.48. The van der Waals surface area contributed by atoms with E-state index in [9.17, 15) is 4.39 Å². The van der Waals surface area contributed by atoms with Gasteiger partial charge in [-0.3, -0.25) is 0 Å². The second-order valence-corrected chi connectivity index (χ2v) is 5.48. The number of likely N-dealkylation sites (N-methyl/N-ethyl adjacent to an activating group) is 1. The smallest absolute Gasteiger partial charge is 0.123 e. The van der Waals surface area contributed by atoms with Crippen molar-refractivity contribution in [2.75, 3.05) is 20.6 Å². The molecule has 0 spiro atoms. The maximum absolute atomic E-state index is 13.4. The fraction of sp³-hybridized carbons (Fsp3) is 0.278. The molecule has 2 aromatic carbocycles. The summed E-state index contributed by atoms with van der Waals surface area (Å²) in [6, 6.07) is 16.5. The molecule has 0 aliphatic heterocycles. The number of halogens is 1. The Balaban J connectivity index is 1.99. The van der Waals surface area contributed by atoms with Crippen molar-refractivity contribution in [3.63, 3.8) is 0 Å². The maximum atomic E-state index is 13.4. The Morgan fingerprint density at radius 2 is 1.95 bits per heavy atom. The molecule has 0 radical (unpaired) electrons. The average Bonchev–Trinajstić information content (AvgIpc) is 2.51. The van der Waals surface area contributed by atoms with E-state index >= 15 is 0 Å². The monoisotopic (exact) mass is 297 g/mol. The van der Waals surface area contributed by atoms with Crippen molar-refractivity contribution in [3.05, 3.63) is 71.0 Å². The zero-order valence-corrected chi connectivity index (χ0v) is 12.9. The van der Waals surface area contributed by atoms with E-state index in [-0.39, 0.29) is 11.9 Å². The van der Waals surface area contributed by atoms with Crippen molar-refractivity contribution in [1.29, 1.82) is 5.26 Å². The first kappa shape index (κ1) is 16.2. The van der Waals surface area contributed by atoms with Gasteiger partial charge in [0.05, 0.1) is 11.6 Å². The maximum Gasteiger partial charge on any atom is 0.123 e. The standard InChI is InChI=1S/C18H20FN3/c1-22(2)18(16-7-4-8-17(19)10-16)13-21-12-15-6-3-5-14(9-15)11-20/h3-10,18,21H,12-13H2,1-2H3/t18-/m0/s1. The topological polar surface area (TPSA) is 39.1 Å². The molecule has 0 saturated heterocycles. The largest absolute Gasteiger partial charge is 0.311 e. The molecule has 1 N–H and O–H groups in total. The molecule has 2 aromatic rings. The lowest BCUT2D eigenvalue weighted by Crippen LogP contribution is -2.30. The van der Waals surface area contributed by atoms with E-state index in [4.69, 9.17) is 5.26 Å². The molecule has 1 atom stereocenters. The van der Waals surface area contributed by atoms with Crippen LogP contribution in [0.25, 0.3) is 0 Å². The van der Waals surface area contributed by atoms with Crippen molar-refractivity contribution in [2.45, 2.75) is 12.6 Å². The minimum absolute atomic E-state index is 0.0925. The van der Waals surface area contributed by atoms with E-state index in [1.54, 1.807) is 18.2 Å². The van der Waals surface area contributed by atoms with Crippen molar-refractivity contribution in [2.24, 2.45) is 0 Å². The Morgan fingerprint density at radius 1 is 1.18 bits per heavy atom. The van der Waals surface area contributed by atoms with Gasteiger partial charge in [-0.05, 0) is 49.5 Å². The molecule has 0 aliphatic carbocycles. The van der Waals surface area contributed by atoms with Crippen LogP contribution in [0, 0.1) is 17.1 Å². The molecule has 0 unspecified atom stereocenters. The highest BCUT2D eigenvalue weighted by molar-refractivity contribution is 5.32. The predicted octanol–water partition coefficient (Wildman–Crippen LogP) is 3.09. The molecule has 0 bridgehead atoms. The van der Waals surface area contributed by atoms with Gasteiger partial charge in [-0.25, -0.2) is 4.39 Å². The first-order valence-corrected chi connectivity index (χ1v) is 7.22. The van der Waals surface area contributed by atoms with E-state index in [1.165, 1.54) is 6.07 Å². The summed E-state index contributed by atoms with van der Waals surface area (Å²) in [5, 5.41) is 12.3. The minimum Gasteiger partial charge on any atom is -0.311 e. The van der Waals surface area contributed by atoms with Gasteiger partial charge in [-0.1, -0.05) is 24.3 Å². The van der Waals surface area contributed by atoms with Crippen LogP contribution in [0.15, 0.2) is 48.5 Å². The Morgan fingerprint density at radius 3 is 2.64 bits per heavy atom. The Labute approximate surface area is 131 Å². The van der Waals surface area contributed by atoms with Crippen LogP contribution in [0.1, 0.15) is 22.7 Å². The van der Waals surface area contributed by atoms with Crippen LogP contribution in [0.3, 0.4) is 0 Å². The number of benzene rings is 2. The second kappa shape index (κ2) is 7.69. The molecular formula is C18H20FN3. The van der Waals surface area contributed by atoms with Crippen LogP contribution in [-0.4, -0.2) is 25.5 Å². The van der Waals surface area contributed by atoms with E-state index in [1.807, 2.05) is 38.4 Å². The molecule has 2 rings (SSSR count). The van der Waals surface area contributed by atoms with E-state index < -0.39 is 0 Å². The molecule has 114 valence electrons. The summed E-state index contributed by atoms with van der Waals surface area (Å²) in [7, 11) is 3.96. The highest BCUT2D eigenvalue weighted by Gasteiger charge is 2.14. The number of hydrogen-bond acceptors (Lipinski definition) is 3. The molecule has 0 amide bonds. The molecule has 0 aromatic heterocycles. The number of nitrogens with zero attached hydrogens (tertiary/aromatic N) is 2. The summed E-state index contributed by atoms with van der Waals surface area (Å²) in [6.45, 7) is 1.38. The van der Waals surface area contributed by atoms with Gasteiger partial charge < -0.3 is 10.2 Å². The van der Waals surface area contributed by atoms with Crippen LogP contribution in [0.5, 0.6) is 0 Å². The fourth-order valence-electron chi connectivity index (χ4n) is 2.42. The van der Waals surface area contributed by atoms with Gasteiger partial charge in [-0.2, -0.15) is 5.26 Å². The van der Waals surface area contributed by atoms with E-state index in [2.05, 4.69) is 16.3 Å². The predicted molar refractivity (Wildman–Crippen MR) is 85.7 cm³/mol. The number of nitriles is 1. The van der Waals surface area contributed by atoms with Crippen LogP contribution in [-0.2, 0) is 6.54 Å². The zero-order valence-electron chi connectivity index (χ0n) is 12.9. The summed E-state index contributed by atoms with van der Waals surface area (Å²) < 4.78 is 13.4. The summed E-state index contributed by atoms with van der Waals surface area (Å²) in [6.07, 6.45) is 0. The lowest BCUT2D eigenvalue weighted by Gasteiger charge is -2.25. The number of rotatable bonds is 6. The van der Waals surface area contributed by atoms with Crippen molar-refractivity contribution in [1.82, 2.24) is 10.2 Å². The van der Waals surface area contributed by atoms with Gasteiger partial charge in [0.2, 0.25) is 0 Å². The zero-order chi connectivity index (χ0) is 15.9. The SMILES string of the molecule is CN(C)[C@@H](CNCc1cccc(C#N)c1)c1cccc(F)c1. The fourth-order valence-corrected chi connectivity index (χ4v) is 2.42. The number of nitrogens with one attached hydrogen (secondary N) is 1. The van der Waals surface area contributed by atoms with E-state index in [0.29, 0.717) is 18.7 Å². The van der Waals surface area contributed by atoms with Crippen molar-refractivity contribution >= 4 is 0 Å². The molecule has 22 heavy (non-hydrogen) atoms. The van der Waals surface area contributed by atoms with Crippen LogP contribution >= 0.6 is 0 Å². The van der Waals surface area contributed by atoms with Crippen LogP contribution in [0.2, 0.25) is 0 Å². The van der Waals surface area contributed by atoms with Crippen LogP contribution in [0.4, 0.5) is 4.39 Å². The normalized spacial score (nSPS) is 12.1. The third-order valence-corrected chi connectivity index (χ3v) is 3.58. The Hall–Kier alpha value is -2.22. The molecule has 3 nitrogen and oxygen atoms in total. The van der Waals surface area contributed by atoms with Gasteiger partial charge in [0.25, 0.3) is 0 Å². The Kier molecular flexibility index (Phi) is 5.65. The number of hydrogen-bond donors (Lipinski definition) is 1. The highest BCUT2D eigenvalue weighted by atomic mass is 19.1. The molecular weight excluding hydrogens is 277 g/mol. The molecule has 0 saturated carbocycles. The first-order valence-electron chi connectivity index (χ1n) is 7.22. The summed E-state index contributed by atoms with van der Waals surface area (Å²) in [5.41, 5.74) is 2.67. The van der Waals surface area contributed by atoms with Crippen LogP contribution < -0.4 is 5.32 Å². The summed E-state index contributed by atoms with van der Waals surface area (Å²) in [4.78, 5) is 2.06. The van der Waals surface area contributed by atoms with Gasteiger partial charge in [0.1, 0.15) is 5.82 Å². The third-order valence-electron chi connectivity index (χ3n) is 3.58. The molecule has 0 fully saturated rings. The van der Waals surface area contributed by atoms with Gasteiger partial charge in [0.15, 0.2) is 0 Å². The third kappa shape index (κ3) is 4.39.